The second-order valence-electron chi connectivity index (χ2n) is 16.3. The van der Waals surface area contributed by atoms with Crippen LogP contribution in [0.4, 0.5) is 0 Å². The van der Waals surface area contributed by atoms with Crippen molar-refractivity contribution < 1.29 is 37.6 Å². The molecule has 0 aliphatic carbocycles. The maximum Gasteiger partial charge on any atom is 0.472 e. The minimum absolute atomic E-state index is 0.00406. The van der Waals surface area contributed by atoms with E-state index in [2.05, 4.69) is 62.5 Å². The molecule has 2 unspecified atom stereocenters. The third kappa shape index (κ3) is 45.3. The summed E-state index contributed by atoms with van der Waals surface area (Å²) < 4.78 is 33.6. The van der Waals surface area contributed by atoms with Crippen molar-refractivity contribution in [3.05, 3.63) is 48.6 Å². The van der Waals surface area contributed by atoms with Crippen LogP contribution in [-0.2, 0) is 32.7 Å². The lowest BCUT2D eigenvalue weighted by atomic mass is 10.1. The molecular weight excluding hydrogens is 762 g/mol. The van der Waals surface area contributed by atoms with E-state index in [4.69, 9.17) is 18.5 Å². The van der Waals surface area contributed by atoms with Gasteiger partial charge in [-0.15, -0.1) is 0 Å². The maximum absolute atomic E-state index is 12.7. The van der Waals surface area contributed by atoms with Crippen LogP contribution < -0.4 is 0 Å². The lowest BCUT2D eigenvalue weighted by Crippen LogP contribution is -2.29. The van der Waals surface area contributed by atoms with Gasteiger partial charge in [0.15, 0.2) is 6.10 Å². The molecule has 0 spiro atoms. The summed E-state index contributed by atoms with van der Waals surface area (Å²) in [7, 11) is -0.720. The standard InChI is InChI=1S/C49H90NO8P/c1-5-7-9-11-13-15-17-19-21-23-24-26-28-30-32-34-36-38-40-42-49(52)58-47(46-57-59(53,54)56-44-43-50(3)4)45-55-48(51)41-39-37-35-33-31-29-27-25-22-20-18-16-14-12-10-8-6-2/h13-16,19-22,47H,5-12,17-18,23-46H2,1-4H3,(H,53,54)/b15-13-,16-14-,21-19-,22-20-. The quantitative estimate of drug-likeness (QED) is 0.0277. The number of nitrogens with zero attached hydrogens (tertiary/aromatic N) is 1. The van der Waals surface area contributed by atoms with Crippen LogP contribution in [0, 0.1) is 0 Å². The van der Waals surface area contributed by atoms with Crippen molar-refractivity contribution in [2.45, 2.75) is 213 Å². The number of hydrogen-bond donors (Lipinski definition) is 1. The summed E-state index contributed by atoms with van der Waals surface area (Å²) in [6.07, 6.45) is 50.0. The molecule has 0 rings (SSSR count). The Morgan fingerprint density at radius 2 is 0.915 bits per heavy atom. The van der Waals surface area contributed by atoms with Gasteiger partial charge in [0, 0.05) is 19.4 Å². The average molecular weight is 852 g/mol. The molecule has 0 fully saturated rings. The molecule has 0 heterocycles. The van der Waals surface area contributed by atoms with Crippen LogP contribution in [-0.4, -0.2) is 68.3 Å². The molecule has 0 bridgehead atoms. The fraction of sp³-hybridized carbons (Fsp3) is 0.796. The SMILES string of the molecule is CCCCC/C=C\C/C=C\CCCCCCCCCCCC(=O)OC(COC(=O)CCCCCCCCC/C=C\C/C=C\CCCCC)COP(=O)(O)OCCN(C)C. The molecule has 0 radical (unpaired) electrons. The fourth-order valence-corrected chi connectivity index (χ4v) is 7.14. The number of rotatable bonds is 44. The molecule has 0 aromatic heterocycles. The molecule has 0 aliphatic rings. The lowest BCUT2D eigenvalue weighted by molar-refractivity contribution is -0.161. The zero-order chi connectivity index (χ0) is 43.3. The van der Waals surface area contributed by atoms with Gasteiger partial charge in [0.2, 0.25) is 0 Å². The average Bonchev–Trinajstić information content (AvgIpc) is 3.20. The molecule has 59 heavy (non-hydrogen) atoms. The van der Waals surface area contributed by atoms with Gasteiger partial charge in [0.1, 0.15) is 6.61 Å². The summed E-state index contributed by atoms with van der Waals surface area (Å²) in [4.78, 5) is 37.1. The van der Waals surface area contributed by atoms with Gasteiger partial charge in [-0.25, -0.2) is 4.57 Å². The number of ether oxygens (including phenoxy) is 2. The molecule has 0 saturated heterocycles. The third-order valence-corrected chi connectivity index (χ3v) is 11.1. The Morgan fingerprint density at radius 3 is 1.34 bits per heavy atom. The van der Waals surface area contributed by atoms with Crippen LogP contribution in [0.15, 0.2) is 48.6 Å². The first-order chi connectivity index (χ1) is 28.7. The van der Waals surface area contributed by atoms with Crippen LogP contribution in [0.1, 0.15) is 206 Å². The van der Waals surface area contributed by atoms with E-state index in [1.165, 1.54) is 103 Å². The first kappa shape index (κ1) is 57.0. The predicted molar refractivity (Wildman–Crippen MR) is 248 cm³/mol. The minimum atomic E-state index is -4.37. The Kier molecular flexibility index (Phi) is 42.5. The highest BCUT2D eigenvalue weighted by molar-refractivity contribution is 7.47. The van der Waals surface area contributed by atoms with E-state index in [1.54, 1.807) is 0 Å². The molecular formula is C49H90NO8P. The van der Waals surface area contributed by atoms with Gasteiger partial charge in [0.25, 0.3) is 0 Å². The molecule has 1 N–H and O–H groups in total. The van der Waals surface area contributed by atoms with Gasteiger partial charge in [-0.05, 0) is 91.1 Å². The summed E-state index contributed by atoms with van der Waals surface area (Å²) in [5.41, 5.74) is 0. The Labute approximate surface area is 362 Å². The predicted octanol–water partition coefficient (Wildman–Crippen LogP) is 14.1. The van der Waals surface area contributed by atoms with Crippen LogP contribution in [0.2, 0.25) is 0 Å². The maximum atomic E-state index is 12.7. The van der Waals surface area contributed by atoms with Crippen LogP contribution in [0.5, 0.6) is 0 Å². The van der Waals surface area contributed by atoms with E-state index < -0.39 is 26.5 Å². The number of hydrogen-bond acceptors (Lipinski definition) is 8. The molecule has 2 atom stereocenters. The first-order valence-electron chi connectivity index (χ1n) is 23.9. The zero-order valence-corrected chi connectivity index (χ0v) is 39.3. The highest BCUT2D eigenvalue weighted by atomic mass is 31.2. The molecule has 344 valence electrons. The van der Waals surface area contributed by atoms with Gasteiger partial charge in [-0.2, -0.15) is 0 Å². The van der Waals surface area contributed by atoms with E-state index in [-0.39, 0.29) is 32.0 Å². The van der Waals surface area contributed by atoms with Gasteiger partial charge in [-0.1, -0.05) is 165 Å². The largest absolute Gasteiger partial charge is 0.472 e. The molecule has 10 heteroatoms. The van der Waals surface area contributed by atoms with E-state index in [9.17, 15) is 19.0 Å². The Balaban J connectivity index is 4.25. The smallest absolute Gasteiger partial charge is 0.462 e. The van der Waals surface area contributed by atoms with E-state index in [0.717, 1.165) is 70.6 Å². The fourth-order valence-electron chi connectivity index (χ4n) is 6.39. The second kappa shape index (κ2) is 44.0. The number of phosphoric ester groups is 1. The molecule has 0 aromatic rings. The minimum Gasteiger partial charge on any atom is -0.462 e. The van der Waals surface area contributed by atoms with Crippen LogP contribution in [0.3, 0.4) is 0 Å². The number of carbonyl (C=O) groups is 2. The highest BCUT2D eigenvalue weighted by Gasteiger charge is 2.26. The summed E-state index contributed by atoms with van der Waals surface area (Å²) in [6, 6.07) is 0. The monoisotopic (exact) mass is 852 g/mol. The van der Waals surface area contributed by atoms with Crippen LogP contribution in [0.25, 0.3) is 0 Å². The Hall–Kier alpha value is -2.03. The van der Waals surface area contributed by atoms with Crippen LogP contribution >= 0.6 is 7.82 Å². The van der Waals surface area contributed by atoms with Crippen molar-refractivity contribution in [3.63, 3.8) is 0 Å². The summed E-state index contributed by atoms with van der Waals surface area (Å²) in [5, 5.41) is 0. The Morgan fingerprint density at radius 1 is 0.525 bits per heavy atom. The molecule has 9 nitrogen and oxygen atoms in total. The first-order valence-corrected chi connectivity index (χ1v) is 25.4. The van der Waals surface area contributed by atoms with Gasteiger partial charge >= 0.3 is 19.8 Å². The normalized spacial score (nSPS) is 13.7. The molecule has 0 aromatic carbocycles. The van der Waals surface area contributed by atoms with Crippen molar-refractivity contribution >= 4 is 19.8 Å². The van der Waals surface area contributed by atoms with Crippen molar-refractivity contribution in [1.29, 1.82) is 0 Å². The van der Waals surface area contributed by atoms with Crippen molar-refractivity contribution in [2.75, 3.05) is 40.5 Å². The third-order valence-electron chi connectivity index (χ3n) is 10.1. The van der Waals surface area contributed by atoms with E-state index >= 15 is 0 Å². The molecule has 0 saturated carbocycles. The number of likely N-dealkylation sites (N-methyl/N-ethyl adjacent to an activating group) is 1. The number of esters is 2. The highest BCUT2D eigenvalue weighted by Crippen LogP contribution is 2.43. The number of allylic oxidation sites excluding steroid dienone is 8. The summed E-state index contributed by atoms with van der Waals surface area (Å²) in [5.74, 6) is -0.814. The number of unbranched alkanes of at least 4 members (excludes halogenated alkanes) is 22. The second-order valence-corrected chi connectivity index (χ2v) is 17.7. The molecule has 0 amide bonds. The van der Waals surface area contributed by atoms with Crippen molar-refractivity contribution in [2.24, 2.45) is 0 Å². The van der Waals surface area contributed by atoms with Crippen molar-refractivity contribution in [3.8, 4) is 0 Å². The Bertz CT molecular complexity index is 1120. The van der Waals surface area contributed by atoms with E-state index in [0.29, 0.717) is 13.0 Å². The summed E-state index contributed by atoms with van der Waals surface area (Å²) >= 11 is 0. The van der Waals surface area contributed by atoms with Gasteiger partial charge in [-0.3, -0.25) is 18.6 Å². The number of carbonyl (C=O) groups excluding carboxylic acids is 2. The topological polar surface area (TPSA) is 112 Å². The molecule has 0 aliphatic heterocycles. The number of phosphoric acid groups is 1. The lowest BCUT2D eigenvalue weighted by Gasteiger charge is -2.20. The van der Waals surface area contributed by atoms with Gasteiger partial charge in [0.05, 0.1) is 13.2 Å². The zero-order valence-electron chi connectivity index (χ0n) is 38.4. The van der Waals surface area contributed by atoms with Crippen molar-refractivity contribution in [1.82, 2.24) is 4.90 Å². The van der Waals surface area contributed by atoms with E-state index in [1.807, 2.05) is 19.0 Å². The summed E-state index contributed by atoms with van der Waals surface area (Å²) in [6.45, 7) is 4.27. The van der Waals surface area contributed by atoms with Gasteiger partial charge < -0.3 is 19.3 Å².